The standard InChI is InChI=1S/C11H22N2OS/c1-2-6-13-11(14)9-12-8-10-5-3-4-7-15-10/h10,12H,2-9H2,1H3,(H,13,14). The molecule has 1 unspecified atom stereocenters. The number of carbonyl (C=O) groups is 1. The molecular formula is C11H22N2OS. The van der Waals surface area contributed by atoms with Gasteiger partial charge in [0.25, 0.3) is 0 Å². The van der Waals surface area contributed by atoms with Crippen LogP contribution in [0.4, 0.5) is 0 Å². The third-order valence-electron chi connectivity index (χ3n) is 2.50. The lowest BCUT2D eigenvalue weighted by atomic mass is 10.2. The molecule has 1 atom stereocenters. The van der Waals surface area contributed by atoms with Gasteiger partial charge in [-0.3, -0.25) is 4.79 Å². The highest BCUT2D eigenvalue weighted by atomic mass is 32.2. The summed E-state index contributed by atoms with van der Waals surface area (Å²) in [6.07, 6.45) is 5.01. The van der Waals surface area contributed by atoms with Gasteiger partial charge in [0.1, 0.15) is 0 Å². The second kappa shape index (κ2) is 7.99. The van der Waals surface area contributed by atoms with Crippen LogP contribution in [0.1, 0.15) is 32.6 Å². The first kappa shape index (κ1) is 12.8. The van der Waals surface area contributed by atoms with Crippen LogP contribution >= 0.6 is 11.8 Å². The Hall–Kier alpha value is -0.220. The lowest BCUT2D eigenvalue weighted by molar-refractivity contribution is -0.120. The highest BCUT2D eigenvalue weighted by Gasteiger charge is 2.13. The van der Waals surface area contributed by atoms with Gasteiger partial charge >= 0.3 is 0 Å². The van der Waals surface area contributed by atoms with Crippen LogP contribution in [0.25, 0.3) is 0 Å². The van der Waals surface area contributed by atoms with Gasteiger partial charge in [0.15, 0.2) is 0 Å². The molecule has 0 aliphatic carbocycles. The maximum Gasteiger partial charge on any atom is 0.233 e. The summed E-state index contributed by atoms with van der Waals surface area (Å²) in [7, 11) is 0. The number of rotatable bonds is 6. The fourth-order valence-electron chi connectivity index (χ4n) is 1.64. The average Bonchev–Trinajstić information content (AvgIpc) is 2.28. The number of carbonyl (C=O) groups excluding carboxylic acids is 1. The number of hydrogen-bond donors (Lipinski definition) is 2. The lowest BCUT2D eigenvalue weighted by Crippen LogP contribution is -2.37. The predicted octanol–water partition coefficient (Wildman–Crippen LogP) is 1.39. The summed E-state index contributed by atoms with van der Waals surface area (Å²) in [5.41, 5.74) is 0. The van der Waals surface area contributed by atoms with Gasteiger partial charge in [-0.15, -0.1) is 0 Å². The van der Waals surface area contributed by atoms with E-state index in [0.29, 0.717) is 6.54 Å². The third kappa shape index (κ3) is 6.05. The van der Waals surface area contributed by atoms with Gasteiger partial charge in [0, 0.05) is 18.3 Å². The van der Waals surface area contributed by atoms with Crippen molar-refractivity contribution < 1.29 is 4.79 Å². The Balaban J connectivity index is 1.97. The van der Waals surface area contributed by atoms with E-state index in [-0.39, 0.29) is 5.91 Å². The molecule has 0 aromatic carbocycles. The summed E-state index contributed by atoms with van der Waals surface area (Å²) >= 11 is 2.04. The first-order valence-corrected chi connectivity index (χ1v) is 6.97. The molecular weight excluding hydrogens is 208 g/mol. The molecule has 1 amide bonds. The first-order valence-electron chi connectivity index (χ1n) is 5.92. The van der Waals surface area contributed by atoms with Crippen LogP contribution in [0.5, 0.6) is 0 Å². The first-order chi connectivity index (χ1) is 7.33. The van der Waals surface area contributed by atoms with Crippen LogP contribution in [0.3, 0.4) is 0 Å². The zero-order chi connectivity index (χ0) is 10.9. The Morgan fingerprint density at radius 1 is 1.47 bits per heavy atom. The summed E-state index contributed by atoms with van der Waals surface area (Å²) in [5, 5.41) is 6.81. The van der Waals surface area contributed by atoms with Gasteiger partial charge in [-0.25, -0.2) is 0 Å². The van der Waals surface area contributed by atoms with Crippen LogP contribution in [-0.4, -0.2) is 36.5 Å². The van der Waals surface area contributed by atoms with Crippen LogP contribution in [-0.2, 0) is 4.79 Å². The highest BCUT2D eigenvalue weighted by molar-refractivity contribution is 7.99. The van der Waals surface area contributed by atoms with E-state index in [1.807, 2.05) is 11.8 Å². The van der Waals surface area contributed by atoms with Crippen LogP contribution in [0.15, 0.2) is 0 Å². The van der Waals surface area contributed by atoms with E-state index < -0.39 is 0 Å². The molecule has 4 heteroatoms. The molecule has 0 spiro atoms. The Labute approximate surface area is 96.8 Å². The molecule has 1 rings (SSSR count). The Morgan fingerprint density at radius 2 is 2.33 bits per heavy atom. The second-order valence-corrected chi connectivity index (χ2v) is 5.38. The monoisotopic (exact) mass is 230 g/mol. The van der Waals surface area contributed by atoms with E-state index in [4.69, 9.17) is 0 Å². The van der Waals surface area contributed by atoms with Crippen molar-refractivity contribution in [2.24, 2.45) is 0 Å². The van der Waals surface area contributed by atoms with E-state index in [2.05, 4.69) is 17.6 Å². The van der Waals surface area contributed by atoms with Crippen molar-refractivity contribution >= 4 is 17.7 Å². The number of thioether (sulfide) groups is 1. The smallest absolute Gasteiger partial charge is 0.233 e. The van der Waals surface area contributed by atoms with Gasteiger partial charge in [-0.1, -0.05) is 13.3 Å². The van der Waals surface area contributed by atoms with Gasteiger partial charge in [0.05, 0.1) is 6.54 Å². The van der Waals surface area contributed by atoms with Crippen molar-refractivity contribution in [1.82, 2.24) is 10.6 Å². The maximum atomic E-state index is 11.3. The predicted molar refractivity (Wildman–Crippen MR) is 66.3 cm³/mol. The Kier molecular flexibility index (Phi) is 6.85. The molecule has 15 heavy (non-hydrogen) atoms. The van der Waals surface area contributed by atoms with Crippen LogP contribution in [0.2, 0.25) is 0 Å². The normalized spacial score (nSPS) is 21.3. The molecule has 1 saturated heterocycles. The van der Waals surface area contributed by atoms with Crippen molar-refractivity contribution in [2.75, 3.05) is 25.4 Å². The van der Waals surface area contributed by atoms with Crippen molar-refractivity contribution in [2.45, 2.75) is 37.9 Å². The minimum atomic E-state index is 0.123. The molecule has 2 N–H and O–H groups in total. The molecule has 1 heterocycles. The fourth-order valence-corrected chi connectivity index (χ4v) is 2.92. The average molecular weight is 230 g/mol. The van der Waals surface area contributed by atoms with E-state index >= 15 is 0 Å². The summed E-state index contributed by atoms with van der Waals surface area (Å²) < 4.78 is 0. The summed E-state index contributed by atoms with van der Waals surface area (Å²) in [4.78, 5) is 11.3. The second-order valence-electron chi connectivity index (χ2n) is 3.97. The zero-order valence-corrected chi connectivity index (χ0v) is 10.4. The molecule has 1 aliphatic rings. The van der Waals surface area contributed by atoms with Crippen molar-refractivity contribution in [1.29, 1.82) is 0 Å². The molecule has 1 fully saturated rings. The minimum absolute atomic E-state index is 0.123. The van der Waals surface area contributed by atoms with Crippen molar-refractivity contribution in [3.8, 4) is 0 Å². The van der Waals surface area contributed by atoms with Crippen molar-refractivity contribution in [3.05, 3.63) is 0 Å². The molecule has 0 aromatic heterocycles. The number of nitrogens with one attached hydrogen (secondary N) is 2. The molecule has 0 aromatic rings. The number of amides is 1. The van der Waals surface area contributed by atoms with Gasteiger partial charge < -0.3 is 10.6 Å². The maximum absolute atomic E-state index is 11.3. The minimum Gasteiger partial charge on any atom is -0.355 e. The van der Waals surface area contributed by atoms with E-state index in [9.17, 15) is 4.79 Å². The van der Waals surface area contributed by atoms with Gasteiger partial charge in [-0.05, 0) is 25.0 Å². The van der Waals surface area contributed by atoms with E-state index in [1.54, 1.807) is 0 Å². The zero-order valence-electron chi connectivity index (χ0n) is 9.55. The summed E-state index contributed by atoms with van der Waals surface area (Å²) in [6, 6.07) is 0. The SMILES string of the molecule is CCCNC(=O)CNCC1CCCCS1. The van der Waals surface area contributed by atoms with E-state index in [1.165, 1.54) is 25.0 Å². The molecule has 1 aliphatic heterocycles. The highest BCUT2D eigenvalue weighted by Crippen LogP contribution is 2.23. The lowest BCUT2D eigenvalue weighted by Gasteiger charge is -2.21. The summed E-state index contributed by atoms with van der Waals surface area (Å²) in [5.74, 6) is 1.41. The largest absolute Gasteiger partial charge is 0.355 e. The van der Waals surface area contributed by atoms with E-state index in [0.717, 1.165) is 24.8 Å². The topological polar surface area (TPSA) is 41.1 Å². The fraction of sp³-hybridized carbons (Fsp3) is 0.909. The van der Waals surface area contributed by atoms with Crippen LogP contribution in [0, 0.1) is 0 Å². The molecule has 0 radical (unpaired) electrons. The Morgan fingerprint density at radius 3 is 3.00 bits per heavy atom. The quantitative estimate of drug-likeness (QED) is 0.724. The number of hydrogen-bond acceptors (Lipinski definition) is 3. The molecule has 88 valence electrons. The Bertz CT molecular complexity index is 181. The van der Waals surface area contributed by atoms with Crippen molar-refractivity contribution in [3.63, 3.8) is 0 Å². The molecule has 0 bridgehead atoms. The molecule has 3 nitrogen and oxygen atoms in total. The third-order valence-corrected chi connectivity index (χ3v) is 3.90. The van der Waals surface area contributed by atoms with Crippen LogP contribution < -0.4 is 10.6 Å². The van der Waals surface area contributed by atoms with Gasteiger partial charge in [-0.2, -0.15) is 11.8 Å². The summed E-state index contributed by atoms with van der Waals surface area (Å²) in [6.45, 7) is 4.30. The van der Waals surface area contributed by atoms with Gasteiger partial charge in [0.2, 0.25) is 5.91 Å². The molecule has 0 saturated carbocycles.